The predicted octanol–water partition coefficient (Wildman–Crippen LogP) is 3.71. The third-order valence-electron chi connectivity index (χ3n) is 5.76. The third-order valence-corrected chi connectivity index (χ3v) is 5.76. The molecule has 3 rings (SSSR count). The smallest absolute Gasteiger partial charge is 0.352 e. The van der Waals surface area contributed by atoms with E-state index in [9.17, 15) is 18.0 Å². The number of fused-ring (bicyclic) bond motifs is 2. The van der Waals surface area contributed by atoms with Crippen molar-refractivity contribution in [1.82, 2.24) is 15.1 Å². The van der Waals surface area contributed by atoms with Crippen molar-refractivity contribution in [3.8, 4) is 0 Å². The molecule has 1 aromatic heterocycles. The van der Waals surface area contributed by atoms with Crippen molar-refractivity contribution in [2.24, 2.45) is 17.8 Å². The van der Waals surface area contributed by atoms with Crippen molar-refractivity contribution < 1.29 is 18.0 Å². The van der Waals surface area contributed by atoms with Gasteiger partial charge in [-0.2, -0.15) is 18.3 Å². The minimum Gasteiger partial charge on any atom is -0.352 e. The van der Waals surface area contributed by atoms with E-state index in [-0.39, 0.29) is 11.9 Å². The minimum absolute atomic E-state index is 0.0493. The Morgan fingerprint density at radius 2 is 2.04 bits per heavy atom. The van der Waals surface area contributed by atoms with Crippen molar-refractivity contribution in [2.75, 3.05) is 0 Å². The van der Waals surface area contributed by atoms with Gasteiger partial charge >= 0.3 is 6.18 Å². The summed E-state index contributed by atoms with van der Waals surface area (Å²) >= 11 is 0. The van der Waals surface area contributed by atoms with Crippen LogP contribution in [-0.2, 0) is 11.0 Å². The van der Waals surface area contributed by atoms with Gasteiger partial charge in [-0.3, -0.25) is 9.48 Å². The molecule has 0 spiro atoms. The van der Waals surface area contributed by atoms with E-state index in [0.717, 1.165) is 23.1 Å². The topological polar surface area (TPSA) is 46.9 Å². The Morgan fingerprint density at radius 3 is 2.54 bits per heavy atom. The maximum Gasteiger partial charge on any atom is 0.435 e. The number of halogens is 3. The molecule has 4 nitrogen and oxygen atoms in total. The van der Waals surface area contributed by atoms with Crippen LogP contribution in [-0.4, -0.2) is 21.7 Å². The van der Waals surface area contributed by atoms with Crippen molar-refractivity contribution >= 4 is 5.91 Å². The minimum atomic E-state index is -4.50. The number of hydrogen-bond donors (Lipinski definition) is 1. The van der Waals surface area contributed by atoms with Gasteiger partial charge in [0.2, 0.25) is 5.91 Å². The Balaban J connectivity index is 1.65. The zero-order chi connectivity index (χ0) is 17.6. The lowest BCUT2D eigenvalue weighted by Crippen LogP contribution is -2.43. The van der Waals surface area contributed by atoms with E-state index in [0.29, 0.717) is 17.5 Å². The highest BCUT2D eigenvalue weighted by molar-refractivity contribution is 5.80. The summed E-state index contributed by atoms with van der Waals surface area (Å²) in [4.78, 5) is 12.5. The Bertz CT molecular complexity index is 625. The van der Waals surface area contributed by atoms with E-state index < -0.39 is 17.9 Å². The molecule has 0 unspecified atom stereocenters. The summed E-state index contributed by atoms with van der Waals surface area (Å²) in [5.74, 6) is 1.69. The van der Waals surface area contributed by atoms with Crippen LogP contribution in [0.3, 0.4) is 0 Å². The SMILES string of the molecule is Cc1cc(C(F)(F)F)nn1[C@@H](C)C(=O)N[C@H](C)[C@@H]1C[C@@H]2CC[C@@H]1C2. The molecule has 2 bridgehead atoms. The molecule has 1 amide bonds. The molecule has 1 N–H and O–H groups in total. The molecular formula is C17H24F3N3O. The molecule has 2 fully saturated rings. The van der Waals surface area contributed by atoms with Crippen molar-refractivity contribution in [2.45, 2.75) is 64.7 Å². The fraction of sp³-hybridized carbons (Fsp3) is 0.765. The number of aromatic nitrogens is 2. The highest BCUT2D eigenvalue weighted by atomic mass is 19.4. The van der Waals surface area contributed by atoms with Gasteiger partial charge < -0.3 is 5.32 Å². The van der Waals surface area contributed by atoms with Crippen LogP contribution in [0.1, 0.15) is 57.0 Å². The second-order valence-corrected chi connectivity index (χ2v) is 7.43. The Hall–Kier alpha value is -1.53. The van der Waals surface area contributed by atoms with Gasteiger partial charge in [-0.15, -0.1) is 0 Å². The first-order chi connectivity index (χ1) is 11.2. The Labute approximate surface area is 139 Å². The number of alkyl halides is 3. The number of carbonyl (C=O) groups is 1. The summed E-state index contributed by atoms with van der Waals surface area (Å²) in [6.07, 6.45) is 0.443. The number of hydrogen-bond acceptors (Lipinski definition) is 2. The summed E-state index contributed by atoms with van der Waals surface area (Å²) in [5.41, 5.74) is -0.627. The van der Waals surface area contributed by atoms with E-state index in [4.69, 9.17) is 0 Å². The van der Waals surface area contributed by atoms with E-state index >= 15 is 0 Å². The van der Waals surface area contributed by atoms with E-state index in [1.807, 2.05) is 6.92 Å². The normalized spacial score (nSPS) is 28.8. The highest BCUT2D eigenvalue weighted by Crippen LogP contribution is 2.49. The summed E-state index contributed by atoms with van der Waals surface area (Å²) in [6, 6.07) is 0.263. The van der Waals surface area contributed by atoms with E-state index in [1.54, 1.807) is 6.92 Å². The van der Waals surface area contributed by atoms with Crippen molar-refractivity contribution in [1.29, 1.82) is 0 Å². The van der Waals surface area contributed by atoms with Crippen LogP contribution in [0.4, 0.5) is 13.2 Å². The molecule has 0 saturated heterocycles. The van der Waals surface area contributed by atoms with Crippen LogP contribution in [0.2, 0.25) is 0 Å². The Kier molecular flexibility index (Phi) is 4.38. The highest BCUT2D eigenvalue weighted by Gasteiger charge is 2.42. The van der Waals surface area contributed by atoms with Gasteiger partial charge in [0.15, 0.2) is 5.69 Å². The third kappa shape index (κ3) is 3.17. The van der Waals surface area contributed by atoms with Crippen LogP contribution in [0.25, 0.3) is 0 Å². The standard InChI is InChI=1S/C17H24F3N3O/c1-9-6-15(17(18,19)20)22-23(9)11(3)16(24)21-10(2)14-8-12-4-5-13(14)7-12/h6,10-14H,4-5,7-8H2,1-3H3,(H,21,24)/t10-,11+,12-,13-,14+/m1/s1. The van der Waals surface area contributed by atoms with Crippen molar-refractivity contribution in [3.63, 3.8) is 0 Å². The molecule has 0 radical (unpaired) electrons. The van der Waals surface area contributed by atoms with Crippen LogP contribution in [0.15, 0.2) is 6.07 Å². The lowest BCUT2D eigenvalue weighted by atomic mass is 9.84. The zero-order valence-electron chi connectivity index (χ0n) is 14.2. The average Bonchev–Trinajstić information content (AvgIpc) is 3.20. The number of amides is 1. The molecule has 2 aliphatic carbocycles. The first-order valence-corrected chi connectivity index (χ1v) is 8.60. The van der Waals surface area contributed by atoms with Crippen LogP contribution >= 0.6 is 0 Å². The molecule has 7 heteroatoms. The molecule has 0 aromatic carbocycles. The van der Waals surface area contributed by atoms with E-state index in [2.05, 4.69) is 10.4 Å². The maximum atomic E-state index is 12.8. The maximum absolute atomic E-state index is 12.8. The number of carbonyl (C=O) groups excluding carboxylic acids is 1. The lowest BCUT2D eigenvalue weighted by Gasteiger charge is -2.29. The van der Waals surface area contributed by atoms with Gasteiger partial charge in [0.25, 0.3) is 0 Å². The largest absolute Gasteiger partial charge is 0.435 e. The van der Waals surface area contributed by atoms with Crippen LogP contribution in [0, 0.1) is 24.7 Å². The number of aryl methyl sites for hydroxylation is 1. The number of rotatable bonds is 4. The number of nitrogens with one attached hydrogen (secondary N) is 1. The molecule has 2 saturated carbocycles. The Morgan fingerprint density at radius 1 is 1.33 bits per heavy atom. The molecular weight excluding hydrogens is 319 g/mol. The molecule has 24 heavy (non-hydrogen) atoms. The van der Waals surface area contributed by atoms with E-state index in [1.165, 1.54) is 26.2 Å². The molecule has 2 aliphatic rings. The predicted molar refractivity (Wildman–Crippen MR) is 83.2 cm³/mol. The van der Waals surface area contributed by atoms with Gasteiger partial charge in [0.05, 0.1) is 0 Å². The van der Waals surface area contributed by atoms with Gasteiger partial charge in [-0.1, -0.05) is 6.42 Å². The molecule has 0 aliphatic heterocycles. The second kappa shape index (κ2) is 6.08. The average molecular weight is 343 g/mol. The van der Waals surface area contributed by atoms with Gasteiger partial charge in [0, 0.05) is 11.7 Å². The van der Waals surface area contributed by atoms with Crippen LogP contribution < -0.4 is 5.32 Å². The quantitative estimate of drug-likeness (QED) is 0.906. The fourth-order valence-electron chi connectivity index (χ4n) is 4.49. The fourth-order valence-corrected chi connectivity index (χ4v) is 4.49. The molecule has 1 heterocycles. The molecule has 1 aromatic rings. The first kappa shape index (κ1) is 17.3. The molecule has 5 atom stereocenters. The summed E-state index contributed by atoms with van der Waals surface area (Å²) in [5, 5.41) is 6.57. The van der Waals surface area contributed by atoms with Gasteiger partial charge in [0.1, 0.15) is 6.04 Å². The van der Waals surface area contributed by atoms with Gasteiger partial charge in [-0.25, -0.2) is 0 Å². The molecule has 134 valence electrons. The summed E-state index contributed by atoms with van der Waals surface area (Å²) < 4.78 is 39.5. The lowest BCUT2D eigenvalue weighted by molar-refractivity contribution is -0.142. The monoisotopic (exact) mass is 343 g/mol. The number of nitrogens with zero attached hydrogens (tertiary/aromatic N) is 2. The van der Waals surface area contributed by atoms with Crippen LogP contribution in [0.5, 0.6) is 0 Å². The first-order valence-electron chi connectivity index (χ1n) is 8.60. The second-order valence-electron chi connectivity index (χ2n) is 7.43. The van der Waals surface area contributed by atoms with Crippen molar-refractivity contribution in [3.05, 3.63) is 17.5 Å². The van der Waals surface area contributed by atoms with Gasteiger partial charge in [-0.05, 0) is 63.9 Å². The summed E-state index contributed by atoms with van der Waals surface area (Å²) in [6.45, 7) is 5.13. The zero-order valence-corrected chi connectivity index (χ0v) is 14.2. The summed E-state index contributed by atoms with van der Waals surface area (Å²) in [7, 11) is 0.